The van der Waals surface area contributed by atoms with E-state index in [1.807, 2.05) is 13.0 Å². The monoisotopic (exact) mass is 306 g/mol. The Morgan fingerprint density at radius 2 is 1.96 bits per heavy atom. The van der Waals surface area contributed by atoms with Gasteiger partial charge in [-0.05, 0) is 36.2 Å². The first kappa shape index (κ1) is 13.7. The summed E-state index contributed by atoms with van der Waals surface area (Å²) in [5.41, 5.74) is 3.28. The van der Waals surface area contributed by atoms with Crippen molar-refractivity contribution in [2.45, 2.75) is 20.0 Å². The molecule has 1 amide bonds. The minimum atomic E-state index is -0.276. The van der Waals surface area contributed by atoms with Crippen LogP contribution in [0.15, 0.2) is 51.8 Å². The molecule has 0 radical (unpaired) electrons. The standard InChI is InChI=1S/C18H14N2O3/c1-11-6-12-9-20(10-13(12)8-19-11)18(22)17-7-15(21)14-4-2-3-5-16(14)23-17/h2-8H,9-10H2,1H3. The van der Waals surface area contributed by atoms with Gasteiger partial charge in [-0.25, -0.2) is 0 Å². The van der Waals surface area contributed by atoms with E-state index in [0.29, 0.717) is 24.1 Å². The van der Waals surface area contributed by atoms with E-state index < -0.39 is 0 Å². The Morgan fingerprint density at radius 3 is 2.83 bits per heavy atom. The van der Waals surface area contributed by atoms with Crippen LogP contribution in [0.4, 0.5) is 0 Å². The Bertz CT molecular complexity index is 991. The molecule has 5 heteroatoms. The van der Waals surface area contributed by atoms with Crippen LogP contribution in [-0.4, -0.2) is 15.8 Å². The smallest absolute Gasteiger partial charge is 0.290 e. The molecular formula is C18H14N2O3. The van der Waals surface area contributed by atoms with Crippen molar-refractivity contribution in [1.29, 1.82) is 0 Å². The van der Waals surface area contributed by atoms with Gasteiger partial charge in [0.15, 0.2) is 11.2 Å². The fourth-order valence-corrected chi connectivity index (χ4v) is 2.91. The number of pyridine rings is 1. The lowest BCUT2D eigenvalue weighted by Gasteiger charge is -2.14. The molecule has 4 rings (SSSR count). The summed E-state index contributed by atoms with van der Waals surface area (Å²) >= 11 is 0. The number of fused-ring (bicyclic) bond motifs is 2. The maximum absolute atomic E-state index is 12.7. The molecule has 1 aromatic carbocycles. The molecule has 2 aromatic heterocycles. The van der Waals surface area contributed by atoms with Crippen LogP contribution in [-0.2, 0) is 13.1 Å². The average molecular weight is 306 g/mol. The zero-order valence-electron chi connectivity index (χ0n) is 12.6. The number of carbonyl (C=O) groups is 1. The molecule has 0 aliphatic carbocycles. The molecule has 1 aliphatic heterocycles. The van der Waals surface area contributed by atoms with Crippen molar-refractivity contribution < 1.29 is 9.21 Å². The summed E-state index contributed by atoms with van der Waals surface area (Å²) in [5, 5.41) is 0.480. The molecule has 0 atom stereocenters. The molecule has 114 valence electrons. The van der Waals surface area contributed by atoms with Gasteiger partial charge >= 0.3 is 0 Å². The molecule has 0 fully saturated rings. The average Bonchev–Trinajstić information content (AvgIpc) is 2.97. The highest BCUT2D eigenvalue weighted by Gasteiger charge is 2.26. The van der Waals surface area contributed by atoms with Crippen molar-refractivity contribution in [3.8, 4) is 0 Å². The molecule has 5 nitrogen and oxygen atoms in total. The Labute approximate surface area is 132 Å². The van der Waals surface area contributed by atoms with Gasteiger partial charge in [0.2, 0.25) is 0 Å². The number of benzene rings is 1. The number of para-hydroxylation sites is 1. The van der Waals surface area contributed by atoms with E-state index in [1.54, 1.807) is 35.4 Å². The Morgan fingerprint density at radius 1 is 1.17 bits per heavy atom. The summed E-state index contributed by atoms with van der Waals surface area (Å²) in [6.07, 6.45) is 1.80. The van der Waals surface area contributed by atoms with E-state index in [0.717, 1.165) is 16.8 Å². The molecule has 1 aliphatic rings. The molecule has 0 saturated heterocycles. The minimum absolute atomic E-state index is 0.0752. The van der Waals surface area contributed by atoms with Crippen molar-refractivity contribution >= 4 is 16.9 Å². The Balaban J connectivity index is 1.70. The quantitative estimate of drug-likeness (QED) is 0.693. The van der Waals surface area contributed by atoms with Gasteiger partial charge in [0.05, 0.1) is 5.39 Å². The highest BCUT2D eigenvalue weighted by Crippen LogP contribution is 2.24. The molecule has 3 heterocycles. The maximum atomic E-state index is 12.7. The zero-order chi connectivity index (χ0) is 16.0. The second-order valence-electron chi connectivity index (χ2n) is 5.73. The molecule has 0 bridgehead atoms. The van der Waals surface area contributed by atoms with Crippen LogP contribution < -0.4 is 5.43 Å². The third-order valence-corrected chi connectivity index (χ3v) is 4.07. The lowest BCUT2D eigenvalue weighted by molar-refractivity contribution is 0.0719. The molecule has 23 heavy (non-hydrogen) atoms. The fraction of sp³-hybridized carbons (Fsp3) is 0.167. The molecule has 0 saturated carbocycles. The zero-order valence-corrected chi connectivity index (χ0v) is 12.6. The maximum Gasteiger partial charge on any atom is 0.290 e. The van der Waals surface area contributed by atoms with E-state index in [2.05, 4.69) is 4.98 Å². The van der Waals surface area contributed by atoms with Crippen LogP contribution in [0.25, 0.3) is 11.0 Å². The predicted octanol–water partition coefficient (Wildman–Crippen LogP) is 2.65. The van der Waals surface area contributed by atoms with Gasteiger partial charge in [0.25, 0.3) is 5.91 Å². The van der Waals surface area contributed by atoms with Gasteiger partial charge in [-0.3, -0.25) is 14.6 Å². The van der Waals surface area contributed by atoms with E-state index in [4.69, 9.17) is 4.42 Å². The first-order valence-corrected chi connectivity index (χ1v) is 7.38. The summed E-state index contributed by atoms with van der Waals surface area (Å²) in [5.74, 6) is -0.201. The minimum Gasteiger partial charge on any atom is -0.451 e. The molecule has 0 unspecified atom stereocenters. The van der Waals surface area contributed by atoms with Crippen molar-refractivity contribution in [2.75, 3.05) is 0 Å². The first-order valence-electron chi connectivity index (χ1n) is 7.38. The Kier molecular flexibility index (Phi) is 3.01. The second kappa shape index (κ2) is 5.05. The summed E-state index contributed by atoms with van der Waals surface area (Å²) in [6, 6.07) is 10.2. The molecule has 3 aromatic rings. The predicted molar refractivity (Wildman–Crippen MR) is 85.0 cm³/mol. The van der Waals surface area contributed by atoms with E-state index in [-0.39, 0.29) is 17.1 Å². The number of hydrogen-bond donors (Lipinski definition) is 0. The van der Waals surface area contributed by atoms with Crippen LogP contribution in [0.2, 0.25) is 0 Å². The number of aryl methyl sites for hydroxylation is 1. The van der Waals surface area contributed by atoms with Crippen molar-refractivity contribution in [1.82, 2.24) is 9.88 Å². The number of rotatable bonds is 1. The van der Waals surface area contributed by atoms with Gasteiger partial charge in [-0.15, -0.1) is 0 Å². The van der Waals surface area contributed by atoms with Gasteiger partial charge in [0, 0.05) is 31.0 Å². The summed E-state index contributed by atoms with van der Waals surface area (Å²) < 4.78 is 5.63. The third-order valence-electron chi connectivity index (χ3n) is 4.07. The largest absolute Gasteiger partial charge is 0.451 e. The summed E-state index contributed by atoms with van der Waals surface area (Å²) in [7, 11) is 0. The van der Waals surface area contributed by atoms with Crippen LogP contribution >= 0.6 is 0 Å². The summed E-state index contributed by atoms with van der Waals surface area (Å²) in [6.45, 7) is 2.92. The van der Waals surface area contributed by atoms with Crippen molar-refractivity contribution in [3.05, 3.63) is 75.4 Å². The van der Waals surface area contributed by atoms with E-state index >= 15 is 0 Å². The topological polar surface area (TPSA) is 63.4 Å². The Hall–Kier alpha value is -2.95. The number of hydrogen-bond acceptors (Lipinski definition) is 4. The van der Waals surface area contributed by atoms with Crippen LogP contribution in [0, 0.1) is 6.92 Å². The fourth-order valence-electron chi connectivity index (χ4n) is 2.91. The lowest BCUT2D eigenvalue weighted by atomic mass is 10.2. The van der Waals surface area contributed by atoms with Crippen molar-refractivity contribution in [2.24, 2.45) is 0 Å². The number of amides is 1. The van der Waals surface area contributed by atoms with Gasteiger partial charge in [-0.2, -0.15) is 0 Å². The van der Waals surface area contributed by atoms with Crippen LogP contribution in [0.5, 0.6) is 0 Å². The number of nitrogens with zero attached hydrogens (tertiary/aromatic N) is 2. The second-order valence-corrected chi connectivity index (χ2v) is 5.73. The molecule has 0 N–H and O–H groups in total. The van der Waals surface area contributed by atoms with Gasteiger partial charge < -0.3 is 9.32 Å². The normalized spacial score (nSPS) is 13.3. The van der Waals surface area contributed by atoms with Crippen LogP contribution in [0.1, 0.15) is 27.4 Å². The van der Waals surface area contributed by atoms with Crippen molar-refractivity contribution in [3.63, 3.8) is 0 Å². The van der Waals surface area contributed by atoms with Gasteiger partial charge in [-0.1, -0.05) is 12.1 Å². The van der Waals surface area contributed by atoms with Gasteiger partial charge in [0.1, 0.15) is 5.58 Å². The highest BCUT2D eigenvalue weighted by molar-refractivity contribution is 5.93. The van der Waals surface area contributed by atoms with E-state index in [1.165, 1.54) is 6.07 Å². The molecule has 0 spiro atoms. The number of carbonyl (C=O) groups excluding carboxylic acids is 1. The summed E-state index contributed by atoms with van der Waals surface area (Å²) in [4.78, 5) is 30.7. The van der Waals surface area contributed by atoms with E-state index in [9.17, 15) is 9.59 Å². The highest BCUT2D eigenvalue weighted by atomic mass is 16.3. The molecular weight excluding hydrogens is 292 g/mol. The first-order chi connectivity index (χ1) is 11.1. The number of aromatic nitrogens is 1. The third kappa shape index (κ3) is 2.30. The lowest BCUT2D eigenvalue weighted by Crippen LogP contribution is -2.26. The SMILES string of the molecule is Cc1cc2c(cn1)CN(C(=O)c1cc(=O)c3ccccc3o1)C2. The van der Waals surface area contributed by atoms with Crippen LogP contribution in [0.3, 0.4) is 0 Å².